The van der Waals surface area contributed by atoms with Gasteiger partial charge in [-0.05, 0) is 24.1 Å². The number of nitrogens with zero attached hydrogens (tertiary/aromatic N) is 4. The molecule has 110 valence electrons. The molecule has 0 fully saturated rings. The first kappa shape index (κ1) is 14.9. The van der Waals surface area contributed by atoms with E-state index in [1.165, 1.54) is 16.8 Å². The summed E-state index contributed by atoms with van der Waals surface area (Å²) in [4.78, 5) is 29.5. The second kappa shape index (κ2) is 6.78. The Morgan fingerprint density at radius 1 is 1.33 bits per heavy atom. The summed E-state index contributed by atoms with van der Waals surface area (Å²) in [5.41, 5.74) is 1.02. The maximum Gasteiger partial charge on any atom is 0.274 e. The molecule has 0 aliphatic rings. The normalized spacial score (nSPS) is 10.4. The van der Waals surface area contributed by atoms with Gasteiger partial charge in [0.15, 0.2) is 0 Å². The van der Waals surface area contributed by atoms with Gasteiger partial charge in [-0.15, -0.1) is 0 Å². The molecular formula is C15H18N4O2. The van der Waals surface area contributed by atoms with Crippen molar-refractivity contribution in [3.05, 3.63) is 58.3 Å². The average molecular weight is 286 g/mol. The van der Waals surface area contributed by atoms with Crippen molar-refractivity contribution in [1.29, 1.82) is 0 Å². The number of hydrogen-bond acceptors (Lipinski definition) is 4. The Morgan fingerprint density at radius 2 is 2.14 bits per heavy atom. The number of carbonyl (C=O) groups is 1. The van der Waals surface area contributed by atoms with Gasteiger partial charge in [-0.1, -0.05) is 13.0 Å². The highest BCUT2D eigenvalue weighted by Gasteiger charge is 2.14. The lowest BCUT2D eigenvalue weighted by Crippen LogP contribution is -2.31. The molecule has 0 unspecified atom stereocenters. The third kappa shape index (κ3) is 3.75. The van der Waals surface area contributed by atoms with Gasteiger partial charge in [-0.3, -0.25) is 14.6 Å². The molecule has 6 nitrogen and oxygen atoms in total. The van der Waals surface area contributed by atoms with Crippen molar-refractivity contribution in [3.8, 4) is 0 Å². The van der Waals surface area contributed by atoms with E-state index < -0.39 is 0 Å². The maximum atomic E-state index is 12.3. The molecule has 2 aromatic heterocycles. The minimum atomic E-state index is -0.219. The van der Waals surface area contributed by atoms with Crippen LogP contribution in [0, 0.1) is 0 Å². The molecule has 6 heteroatoms. The zero-order valence-electron chi connectivity index (χ0n) is 12.2. The zero-order chi connectivity index (χ0) is 15.2. The number of rotatable bonds is 5. The number of aromatic nitrogens is 3. The Bertz CT molecular complexity index is 667. The number of aryl methyl sites for hydroxylation is 1. The Balaban J connectivity index is 2.15. The predicted octanol–water partition coefficient (Wildman–Crippen LogP) is 1.32. The minimum absolute atomic E-state index is 0.191. The third-order valence-corrected chi connectivity index (χ3v) is 3.01. The van der Waals surface area contributed by atoms with E-state index in [0.29, 0.717) is 13.1 Å². The Kier molecular flexibility index (Phi) is 4.81. The molecule has 2 aromatic rings. The van der Waals surface area contributed by atoms with Crippen molar-refractivity contribution in [1.82, 2.24) is 19.7 Å². The fourth-order valence-corrected chi connectivity index (χ4v) is 1.97. The summed E-state index contributed by atoms with van der Waals surface area (Å²) >= 11 is 0. The molecule has 0 saturated carbocycles. The highest BCUT2D eigenvalue weighted by molar-refractivity contribution is 5.91. The number of pyridine rings is 1. The van der Waals surface area contributed by atoms with Gasteiger partial charge in [-0.25, -0.2) is 4.68 Å². The van der Waals surface area contributed by atoms with E-state index >= 15 is 0 Å². The van der Waals surface area contributed by atoms with Gasteiger partial charge < -0.3 is 4.90 Å². The van der Waals surface area contributed by atoms with Crippen molar-refractivity contribution < 1.29 is 4.79 Å². The van der Waals surface area contributed by atoms with E-state index in [2.05, 4.69) is 10.1 Å². The van der Waals surface area contributed by atoms with Gasteiger partial charge in [0, 0.05) is 38.6 Å². The Labute approximate surface area is 123 Å². The van der Waals surface area contributed by atoms with Crippen LogP contribution >= 0.6 is 0 Å². The quantitative estimate of drug-likeness (QED) is 0.831. The zero-order valence-corrected chi connectivity index (χ0v) is 12.2. The summed E-state index contributed by atoms with van der Waals surface area (Å²) in [6.45, 7) is 2.91. The molecule has 1 amide bonds. The van der Waals surface area contributed by atoms with Crippen molar-refractivity contribution in [2.75, 3.05) is 7.05 Å². The van der Waals surface area contributed by atoms with Crippen LogP contribution in [0.4, 0.5) is 0 Å². The van der Waals surface area contributed by atoms with Gasteiger partial charge in [0.25, 0.3) is 11.5 Å². The second-order valence-electron chi connectivity index (χ2n) is 4.80. The third-order valence-electron chi connectivity index (χ3n) is 3.01. The molecule has 0 radical (unpaired) electrons. The highest BCUT2D eigenvalue weighted by Crippen LogP contribution is 2.05. The second-order valence-corrected chi connectivity index (χ2v) is 4.80. The van der Waals surface area contributed by atoms with E-state index in [1.807, 2.05) is 19.1 Å². The van der Waals surface area contributed by atoms with Crippen LogP contribution in [0.1, 0.15) is 29.4 Å². The van der Waals surface area contributed by atoms with Gasteiger partial charge in [-0.2, -0.15) is 5.10 Å². The van der Waals surface area contributed by atoms with Crippen LogP contribution in [0.2, 0.25) is 0 Å². The summed E-state index contributed by atoms with van der Waals surface area (Å²) < 4.78 is 1.32. The maximum absolute atomic E-state index is 12.3. The molecule has 0 aliphatic heterocycles. The SMILES string of the molecule is CCCn1nc(C(=O)N(C)Cc2cccnc2)ccc1=O. The largest absolute Gasteiger partial charge is 0.336 e. The van der Waals surface area contributed by atoms with Crippen molar-refractivity contribution in [3.63, 3.8) is 0 Å². The summed E-state index contributed by atoms with van der Waals surface area (Å²) in [5, 5.41) is 4.12. The van der Waals surface area contributed by atoms with E-state index in [4.69, 9.17) is 0 Å². The lowest BCUT2D eigenvalue weighted by atomic mass is 10.2. The van der Waals surface area contributed by atoms with Crippen LogP contribution in [-0.4, -0.2) is 32.6 Å². The minimum Gasteiger partial charge on any atom is -0.336 e. The molecule has 2 rings (SSSR count). The molecule has 0 aromatic carbocycles. The molecule has 0 spiro atoms. The molecule has 0 bridgehead atoms. The predicted molar refractivity (Wildman–Crippen MR) is 78.8 cm³/mol. The molecule has 0 N–H and O–H groups in total. The first-order valence-corrected chi connectivity index (χ1v) is 6.84. The van der Waals surface area contributed by atoms with Crippen LogP contribution in [-0.2, 0) is 13.1 Å². The molecule has 2 heterocycles. The first-order valence-electron chi connectivity index (χ1n) is 6.84. The Morgan fingerprint density at radius 3 is 2.81 bits per heavy atom. The Hall–Kier alpha value is -2.50. The molecule has 21 heavy (non-hydrogen) atoms. The number of hydrogen-bond donors (Lipinski definition) is 0. The topological polar surface area (TPSA) is 68.1 Å². The van der Waals surface area contributed by atoms with E-state index in [0.717, 1.165) is 12.0 Å². The van der Waals surface area contributed by atoms with Crippen LogP contribution in [0.3, 0.4) is 0 Å². The molecule has 0 aliphatic carbocycles. The fraction of sp³-hybridized carbons (Fsp3) is 0.333. The highest BCUT2D eigenvalue weighted by atomic mass is 16.2. The number of amides is 1. The van der Waals surface area contributed by atoms with Gasteiger partial charge in [0.2, 0.25) is 0 Å². The molecule has 0 saturated heterocycles. The summed E-state index contributed by atoms with van der Waals surface area (Å²) in [6, 6.07) is 6.58. The standard InChI is InChI=1S/C15H18N4O2/c1-3-9-19-14(20)7-6-13(17-19)15(21)18(2)11-12-5-4-8-16-10-12/h4-8,10H,3,9,11H2,1-2H3. The molecule has 0 atom stereocenters. The smallest absolute Gasteiger partial charge is 0.274 e. The van der Waals surface area contributed by atoms with Crippen LogP contribution < -0.4 is 5.56 Å². The lowest BCUT2D eigenvalue weighted by Gasteiger charge is -2.17. The van der Waals surface area contributed by atoms with Crippen LogP contribution in [0.25, 0.3) is 0 Å². The van der Waals surface area contributed by atoms with Gasteiger partial charge in [0.1, 0.15) is 5.69 Å². The van der Waals surface area contributed by atoms with Crippen molar-refractivity contribution in [2.24, 2.45) is 0 Å². The monoisotopic (exact) mass is 286 g/mol. The van der Waals surface area contributed by atoms with E-state index in [-0.39, 0.29) is 17.2 Å². The van der Waals surface area contributed by atoms with E-state index in [1.54, 1.807) is 24.3 Å². The average Bonchev–Trinajstić information content (AvgIpc) is 2.50. The summed E-state index contributed by atoms with van der Waals surface area (Å²) in [5.74, 6) is -0.219. The van der Waals surface area contributed by atoms with Gasteiger partial charge in [0.05, 0.1) is 0 Å². The first-order chi connectivity index (χ1) is 10.1. The fourth-order valence-electron chi connectivity index (χ4n) is 1.97. The molecular weight excluding hydrogens is 268 g/mol. The van der Waals surface area contributed by atoms with Crippen molar-refractivity contribution in [2.45, 2.75) is 26.4 Å². The number of carbonyl (C=O) groups excluding carboxylic acids is 1. The van der Waals surface area contributed by atoms with E-state index in [9.17, 15) is 9.59 Å². The van der Waals surface area contributed by atoms with Crippen LogP contribution in [0.15, 0.2) is 41.5 Å². The van der Waals surface area contributed by atoms with Crippen LogP contribution in [0.5, 0.6) is 0 Å². The lowest BCUT2D eigenvalue weighted by molar-refractivity contribution is 0.0776. The van der Waals surface area contributed by atoms with Gasteiger partial charge >= 0.3 is 0 Å². The summed E-state index contributed by atoms with van der Waals surface area (Å²) in [6.07, 6.45) is 4.19. The van der Waals surface area contributed by atoms with Crippen molar-refractivity contribution >= 4 is 5.91 Å². The summed E-state index contributed by atoms with van der Waals surface area (Å²) in [7, 11) is 1.70.